The van der Waals surface area contributed by atoms with Gasteiger partial charge in [-0.25, -0.2) is 14.5 Å². The Balaban J connectivity index is 2.16. The molecular weight excluding hydrogens is 290 g/mol. The number of hydrogen-bond donors (Lipinski definition) is 2. The molecule has 1 saturated heterocycles. The predicted octanol–water partition coefficient (Wildman–Crippen LogP) is 0.295. The van der Waals surface area contributed by atoms with Crippen LogP contribution in [-0.4, -0.2) is 54.1 Å². The van der Waals surface area contributed by atoms with Crippen LogP contribution in [-0.2, 0) is 4.74 Å². The molecule has 0 bridgehead atoms. The first-order chi connectivity index (χ1) is 10.5. The fourth-order valence-corrected chi connectivity index (χ4v) is 2.77. The van der Waals surface area contributed by atoms with Crippen molar-refractivity contribution in [1.82, 2.24) is 19.6 Å². The van der Waals surface area contributed by atoms with Gasteiger partial charge in [0.1, 0.15) is 24.1 Å². The Labute approximate surface area is 125 Å². The summed E-state index contributed by atoms with van der Waals surface area (Å²) in [5, 5.41) is 27.5. The number of imidazole rings is 1. The van der Waals surface area contributed by atoms with Crippen LogP contribution in [0.2, 0.25) is 0 Å². The van der Waals surface area contributed by atoms with E-state index in [0.717, 1.165) is 0 Å². The molecule has 4 atom stereocenters. The number of azide groups is 1. The van der Waals surface area contributed by atoms with Crippen LogP contribution in [0.4, 0.5) is 0 Å². The molecule has 10 nitrogen and oxygen atoms in total. The van der Waals surface area contributed by atoms with Gasteiger partial charge in [0, 0.05) is 4.91 Å². The molecule has 1 fully saturated rings. The molecule has 22 heavy (non-hydrogen) atoms. The van der Waals surface area contributed by atoms with Crippen molar-refractivity contribution in [3.8, 4) is 0 Å². The highest BCUT2D eigenvalue weighted by Crippen LogP contribution is 2.44. The molecule has 0 aliphatic carbocycles. The third-order valence-electron chi connectivity index (χ3n) is 4.01. The molecule has 0 aromatic carbocycles. The average molecular weight is 305 g/mol. The van der Waals surface area contributed by atoms with E-state index < -0.39 is 23.9 Å². The fraction of sp³-hybridized carbons (Fsp3) is 0.583. The molecule has 0 amide bonds. The quantitative estimate of drug-likeness (QED) is 0.474. The summed E-state index contributed by atoms with van der Waals surface area (Å²) in [6, 6.07) is 0. The second-order valence-electron chi connectivity index (χ2n) is 5.36. The van der Waals surface area contributed by atoms with E-state index in [0.29, 0.717) is 17.0 Å². The number of rotatable bonds is 3. The van der Waals surface area contributed by atoms with Crippen LogP contribution in [0.3, 0.4) is 0 Å². The minimum Gasteiger partial charge on any atom is -0.394 e. The lowest BCUT2D eigenvalue weighted by Crippen LogP contribution is -2.41. The number of aliphatic hydroxyl groups is 2. The van der Waals surface area contributed by atoms with Gasteiger partial charge in [0.05, 0.1) is 30.3 Å². The first kappa shape index (κ1) is 14.7. The fourth-order valence-electron chi connectivity index (χ4n) is 2.77. The van der Waals surface area contributed by atoms with E-state index in [1.165, 1.54) is 10.8 Å². The van der Waals surface area contributed by atoms with E-state index in [1.807, 2.05) is 0 Å². The van der Waals surface area contributed by atoms with Gasteiger partial charge < -0.3 is 14.9 Å². The molecule has 3 rings (SSSR count). The highest BCUT2D eigenvalue weighted by Gasteiger charge is 2.54. The molecule has 3 heterocycles. The van der Waals surface area contributed by atoms with Gasteiger partial charge in [-0.15, -0.1) is 0 Å². The summed E-state index contributed by atoms with van der Waals surface area (Å²) in [5.74, 6) is 0. The molecule has 0 spiro atoms. The molecule has 0 radical (unpaired) electrons. The number of nitrogens with zero attached hydrogens (tertiary/aromatic N) is 7. The Morgan fingerprint density at radius 1 is 1.55 bits per heavy atom. The number of aryl methyl sites for hydroxylation is 1. The number of hydrogen-bond acceptors (Lipinski definition) is 7. The SMILES string of the molecule is Cc1ncnn2c([C@@H]3O[C@H](CO)[C@@H](O)[C@@]3(C)N=[N+]=[N-])cnc12. The number of fused-ring (bicyclic) bond motifs is 1. The van der Waals surface area contributed by atoms with E-state index >= 15 is 0 Å². The zero-order chi connectivity index (χ0) is 15.9. The Morgan fingerprint density at radius 2 is 2.32 bits per heavy atom. The second-order valence-corrected chi connectivity index (χ2v) is 5.36. The summed E-state index contributed by atoms with van der Waals surface area (Å²) in [7, 11) is 0. The van der Waals surface area contributed by atoms with Crippen LogP contribution in [0.25, 0.3) is 16.1 Å². The van der Waals surface area contributed by atoms with Crippen LogP contribution >= 0.6 is 0 Å². The molecule has 2 N–H and O–H groups in total. The van der Waals surface area contributed by atoms with Crippen molar-refractivity contribution in [2.45, 2.75) is 37.7 Å². The molecule has 0 saturated carbocycles. The molecule has 1 aliphatic rings. The summed E-state index contributed by atoms with van der Waals surface area (Å²) >= 11 is 0. The van der Waals surface area contributed by atoms with Crippen molar-refractivity contribution in [3.63, 3.8) is 0 Å². The highest BCUT2D eigenvalue weighted by atomic mass is 16.5. The molecule has 0 unspecified atom stereocenters. The van der Waals surface area contributed by atoms with Crippen molar-refractivity contribution in [3.05, 3.63) is 34.4 Å². The van der Waals surface area contributed by atoms with Crippen molar-refractivity contribution in [2.24, 2.45) is 5.11 Å². The summed E-state index contributed by atoms with van der Waals surface area (Å²) in [5.41, 5.74) is 9.29. The molecule has 1 aliphatic heterocycles. The van der Waals surface area contributed by atoms with E-state index in [4.69, 9.17) is 10.3 Å². The molecule has 116 valence electrons. The lowest BCUT2D eigenvalue weighted by molar-refractivity contribution is -0.0241. The van der Waals surface area contributed by atoms with Crippen molar-refractivity contribution < 1.29 is 14.9 Å². The zero-order valence-corrected chi connectivity index (χ0v) is 12.0. The van der Waals surface area contributed by atoms with Crippen LogP contribution in [0, 0.1) is 6.92 Å². The van der Waals surface area contributed by atoms with Crippen molar-refractivity contribution >= 4 is 5.65 Å². The summed E-state index contributed by atoms with van der Waals surface area (Å²) in [6.45, 7) is 2.98. The monoisotopic (exact) mass is 305 g/mol. The Kier molecular flexibility index (Phi) is 3.45. The molecule has 2 aromatic rings. The Morgan fingerprint density at radius 3 is 3.00 bits per heavy atom. The van der Waals surface area contributed by atoms with Crippen LogP contribution in [0.5, 0.6) is 0 Å². The maximum absolute atomic E-state index is 10.3. The van der Waals surface area contributed by atoms with E-state index in [2.05, 4.69) is 25.1 Å². The van der Waals surface area contributed by atoms with E-state index in [9.17, 15) is 10.2 Å². The minimum atomic E-state index is -1.28. The van der Waals surface area contributed by atoms with Crippen LogP contribution in [0.15, 0.2) is 17.6 Å². The van der Waals surface area contributed by atoms with Gasteiger partial charge in [-0.1, -0.05) is 5.11 Å². The maximum atomic E-state index is 10.3. The highest BCUT2D eigenvalue weighted by molar-refractivity contribution is 5.43. The smallest absolute Gasteiger partial charge is 0.175 e. The topological polar surface area (TPSA) is 142 Å². The predicted molar refractivity (Wildman–Crippen MR) is 73.8 cm³/mol. The second kappa shape index (κ2) is 5.18. The summed E-state index contributed by atoms with van der Waals surface area (Å²) in [6.07, 6.45) is 0.132. The summed E-state index contributed by atoms with van der Waals surface area (Å²) < 4.78 is 7.23. The first-order valence-corrected chi connectivity index (χ1v) is 6.68. The Bertz CT molecular complexity index is 756. The van der Waals surface area contributed by atoms with E-state index in [1.54, 1.807) is 20.0 Å². The van der Waals surface area contributed by atoms with Gasteiger partial charge in [0.15, 0.2) is 5.65 Å². The summed E-state index contributed by atoms with van der Waals surface area (Å²) in [4.78, 5) is 11.1. The van der Waals surface area contributed by atoms with Gasteiger partial charge in [-0.3, -0.25) is 0 Å². The molecule has 2 aromatic heterocycles. The third-order valence-corrected chi connectivity index (χ3v) is 4.01. The average Bonchev–Trinajstić information content (AvgIpc) is 3.02. The van der Waals surface area contributed by atoms with E-state index in [-0.39, 0.29) is 6.61 Å². The number of aliphatic hydroxyl groups excluding tert-OH is 2. The van der Waals surface area contributed by atoms with Crippen molar-refractivity contribution in [1.29, 1.82) is 0 Å². The largest absolute Gasteiger partial charge is 0.394 e. The van der Waals surface area contributed by atoms with Gasteiger partial charge in [-0.2, -0.15) is 5.10 Å². The van der Waals surface area contributed by atoms with Gasteiger partial charge in [-0.05, 0) is 19.4 Å². The third kappa shape index (κ3) is 1.93. The standard InChI is InChI=1S/C12H15N7O3/c1-6-11-14-3-7(19(11)16-5-15-6)10-12(2,17-18-13)9(21)8(4-20)22-10/h3,5,8-10,20-21H,4H2,1-2H3/t8-,9-,10+,12-/m1/s1. The van der Waals surface area contributed by atoms with Crippen molar-refractivity contribution in [2.75, 3.05) is 6.61 Å². The lowest BCUT2D eigenvalue weighted by atomic mass is 9.88. The first-order valence-electron chi connectivity index (χ1n) is 6.68. The molecule has 10 heteroatoms. The van der Waals surface area contributed by atoms with Crippen LogP contribution in [0.1, 0.15) is 24.4 Å². The van der Waals surface area contributed by atoms with Gasteiger partial charge in [0.25, 0.3) is 0 Å². The molecular formula is C12H15N7O3. The lowest BCUT2D eigenvalue weighted by Gasteiger charge is -2.26. The minimum absolute atomic E-state index is 0.390. The van der Waals surface area contributed by atoms with Crippen LogP contribution < -0.4 is 0 Å². The number of ether oxygens (including phenoxy) is 1. The Hall–Kier alpha value is -2.26. The maximum Gasteiger partial charge on any atom is 0.175 e. The zero-order valence-electron chi connectivity index (χ0n) is 12.0. The normalized spacial score (nSPS) is 31.4. The van der Waals surface area contributed by atoms with Gasteiger partial charge in [0.2, 0.25) is 0 Å². The number of aromatic nitrogens is 4. The van der Waals surface area contributed by atoms with Gasteiger partial charge >= 0.3 is 0 Å².